The summed E-state index contributed by atoms with van der Waals surface area (Å²) in [6, 6.07) is 3.23. The number of nitrogens with one attached hydrogen (secondary N) is 2. The van der Waals surface area contributed by atoms with Crippen molar-refractivity contribution in [1.29, 1.82) is 0 Å². The number of urea groups is 1. The van der Waals surface area contributed by atoms with Gasteiger partial charge in [-0.25, -0.2) is 4.79 Å². The third-order valence-corrected chi connectivity index (χ3v) is 2.84. The van der Waals surface area contributed by atoms with Crippen molar-refractivity contribution in [3.05, 3.63) is 36.2 Å². The van der Waals surface area contributed by atoms with Crippen LogP contribution in [0.2, 0.25) is 0 Å². The normalized spacial score (nSPS) is 10.6. The summed E-state index contributed by atoms with van der Waals surface area (Å²) < 4.78 is 1.90. The molecule has 2 aromatic rings. The zero-order chi connectivity index (χ0) is 14.5. The Bertz CT molecular complexity index is 578. The van der Waals surface area contributed by atoms with Crippen molar-refractivity contribution in [2.45, 2.75) is 26.3 Å². The number of anilines is 1. The summed E-state index contributed by atoms with van der Waals surface area (Å²) in [6.45, 7) is 4.43. The van der Waals surface area contributed by atoms with Gasteiger partial charge >= 0.3 is 6.03 Å². The van der Waals surface area contributed by atoms with Crippen LogP contribution in [0.15, 0.2) is 24.5 Å². The molecule has 0 atom stereocenters. The van der Waals surface area contributed by atoms with E-state index in [2.05, 4.69) is 39.7 Å². The predicted octanol–water partition coefficient (Wildman–Crippen LogP) is 1.66. The summed E-state index contributed by atoms with van der Waals surface area (Å²) in [4.78, 5) is 15.7. The lowest BCUT2D eigenvalue weighted by molar-refractivity contribution is 0.251. The number of nitrogens with zero attached hydrogens (tertiary/aromatic N) is 4. The second-order valence-electron chi connectivity index (χ2n) is 4.74. The van der Waals surface area contributed by atoms with Crippen LogP contribution in [-0.2, 0) is 13.6 Å². The van der Waals surface area contributed by atoms with Gasteiger partial charge in [-0.05, 0) is 12.1 Å². The van der Waals surface area contributed by atoms with E-state index in [4.69, 9.17) is 0 Å². The number of hydrogen-bond donors (Lipinski definition) is 2. The van der Waals surface area contributed by atoms with Gasteiger partial charge in [-0.1, -0.05) is 13.8 Å². The summed E-state index contributed by atoms with van der Waals surface area (Å²) in [5.41, 5.74) is 0.644. The molecule has 0 saturated heterocycles. The average Bonchev–Trinajstić information content (AvgIpc) is 2.79. The first-order valence-corrected chi connectivity index (χ1v) is 6.41. The SMILES string of the molecule is CC(C)c1nnc(CNC(=O)Nc2cccnc2)n1C. The van der Waals surface area contributed by atoms with Gasteiger partial charge in [0.15, 0.2) is 5.82 Å². The molecule has 2 N–H and O–H groups in total. The molecule has 0 spiro atoms. The molecule has 0 unspecified atom stereocenters. The monoisotopic (exact) mass is 274 g/mol. The third-order valence-electron chi connectivity index (χ3n) is 2.84. The van der Waals surface area contributed by atoms with Gasteiger partial charge in [0.2, 0.25) is 0 Å². The minimum absolute atomic E-state index is 0.297. The Morgan fingerprint density at radius 3 is 2.80 bits per heavy atom. The standard InChI is InChI=1S/C13H18N6O/c1-9(2)12-18-17-11(19(12)3)8-15-13(20)16-10-5-4-6-14-7-10/h4-7,9H,8H2,1-3H3,(H2,15,16,20). The maximum Gasteiger partial charge on any atom is 0.319 e. The molecule has 0 saturated carbocycles. The summed E-state index contributed by atoms with van der Waals surface area (Å²) >= 11 is 0. The van der Waals surface area contributed by atoms with E-state index in [1.165, 1.54) is 0 Å². The van der Waals surface area contributed by atoms with Crippen LogP contribution < -0.4 is 10.6 Å². The van der Waals surface area contributed by atoms with E-state index >= 15 is 0 Å². The number of pyridine rings is 1. The number of amides is 2. The van der Waals surface area contributed by atoms with Gasteiger partial charge in [-0.2, -0.15) is 0 Å². The number of rotatable bonds is 4. The average molecular weight is 274 g/mol. The molecule has 0 aromatic carbocycles. The first-order chi connectivity index (χ1) is 9.58. The van der Waals surface area contributed by atoms with E-state index in [9.17, 15) is 4.79 Å². The van der Waals surface area contributed by atoms with Gasteiger partial charge in [0.25, 0.3) is 0 Å². The quantitative estimate of drug-likeness (QED) is 0.888. The molecule has 0 bridgehead atoms. The highest BCUT2D eigenvalue weighted by Crippen LogP contribution is 2.11. The highest BCUT2D eigenvalue weighted by Gasteiger charge is 2.12. The Labute approximate surface area is 117 Å². The summed E-state index contributed by atoms with van der Waals surface area (Å²) in [5, 5.41) is 13.6. The molecule has 20 heavy (non-hydrogen) atoms. The summed E-state index contributed by atoms with van der Waals surface area (Å²) in [5.74, 6) is 1.91. The van der Waals surface area contributed by atoms with Crippen LogP contribution in [0.1, 0.15) is 31.4 Å². The number of carbonyl (C=O) groups is 1. The lowest BCUT2D eigenvalue weighted by Crippen LogP contribution is -2.29. The summed E-state index contributed by atoms with van der Waals surface area (Å²) in [7, 11) is 1.89. The maximum absolute atomic E-state index is 11.7. The van der Waals surface area contributed by atoms with Crippen LogP contribution >= 0.6 is 0 Å². The van der Waals surface area contributed by atoms with Crippen molar-refractivity contribution in [1.82, 2.24) is 25.1 Å². The van der Waals surface area contributed by atoms with Crippen molar-refractivity contribution in [3.8, 4) is 0 Å². The molecule has 0 aliphatic rings. The van der Waals surface area contributed by atoms with E-state index in [0.29, 0.717) is 18.2 Å². The Kier molecular flexibility index (Phi) is 4.29. The molecule has 0 aliphatic heterocycles. The van der Waals surface area contributed by atoms with E-state index in [1.807, 2.05) is 11.6 Å². The van der Waals surface area contributed by atoms with Crippen molar-refractivity contribution < 1.29 is 4.79 Å². The predicted molar refractivity (Wildman–Crippen MR) is 75.2 cm³/mol. The van der Waals surface area contributed by atoms with Crippen molar-refractivity contribution in [3.63, 3.8) is 0 Å². The number of carbonyl (C=O) groups excluding carboxylic acids is 1. The first-order valence-electron chi connectivity index (χ1n) is 6.41. The minimum Gasteiger partial charge on any atom is -0.331 e. The van der Waals surface area contributed by atoms with E-state index in [1.54, 1.807) is 24.5 Å². The fourth-order valence-corrected chi connectivity index (χ4v) is 1.80. The molecule has 0 aliphatic carbocycles. The third kappa shape index (κ3) is 3.31. The second-order valence-corrected chi connectivity index (χ2v) is 4.74. The van der Waals surface area contributed by atoms with Crippen LogP contribution in [0, 0.1) is 0 Å². The molecule has 2 amide bonds. The second kappa shape index (κ2) is 6.14. The highest BCUT2D eigenvalue weighted by molar-refractivity contribution is 5.88. The fourth-order valence-electron chi connectivity index (χ4n) is 1.80. The number of aromatic nitrogens is 4. The van der Waals surface area contributed by atoms with Gasteiger partial charge in [0.1, 0.15) is 5.82 Å². The molecule has 0 radical (unpaired) electrons. The van der Waals surface area contributed by atoms with E-state index in [-0.39, 0.29) is 6.03 Å². The van der Waals surface area contributed by atoms with Crippen LogP contribution in [0.4, 0.5) is 10.5 Å². The zero-order valence-corrected chi connectivity index (χ0v) is 11.8. The van der Waals surface area contributed by atoms with E-state index in [0.717, 1.165) is 11.6 Å². The fraction of sp³-hybridized carbons (Fsp3) is 0.385. The summed E-state index contributed by atoms with van der Waals surface area (Å²) in [6.07, 6.45) is 3.23. The molecule has 0 fully saturated rings. The topological polar surface area (TPSA) is 84.7 Å². The largest absolute Gasteiger partial charge is 0.331 e. The molecular formula is C13H18N6O. The smallest absolute Gasteiger partial charge is 0.319 e. The molecule has 106 valence electrons. The Morgan fingerprint density at radius 1 is 1.40 bits per heavy atom. The molecule has 7 heteroatoms. The lowest BCUT2D eigenvalue weighted by Gasteiger charge is -2.08. The van der Waals surface area contributed by atoms with Crippen molar-refractivity contribution in [2.24, 2.45) is 7.05 Å². The van der Waals surface area contributed by atoms with Crippen molar-refractivity contribution >= 4 is 11.7 Å². The van der Waals surface area contributed by atoms with Crippen LogP contribution in [0.3, 0.4) is 0 Å². The van der Waals surface area contributed by atoms with E-state index < -0.39 is 0 Å². The lowest BCUT2D eigenvalue weighted by atomic mass is 10.2. The van der Waals surface area contributed by atoms with Crippen molar-refractivity contribution in [2.75, 3.05) is 5.32 Å². The molecule has 2 aromatic heterocycles. The molecular weight excluding hydrogens is 256 g/mol. The minimum atomic E-state index is -0.299. The maximum atomic E-state index is 11.7. The van der Waals surface area contributed by atoms with Crippen LogP contribution in [0.5, 0.6) is 0 Å². The molecule has 7 nitrogen and oxygen atoms in total. The van der Waals surface area contributed by atoms with Crippen LogP contribution in [0.25, 0.3) is 0 Å². The Morgan fingerprint density at radius 2 is 2.20 bits per heavy atom. The van der Waals surface area contributed by atoms with Gasteiger partial charge in [-0.15, -0.1) is 10.2 Å². The van der Waals surface area contributed by atoms with Crippen LogP contribution in [-0.4, -0.2) is 25.8 Å². The molecule has 2 rings (SSSR count). The van der Waals surface area contributed by atoms with Gasteiger partial charge in [0.05, 0.1) is 18.4 Å². The number of hydrogen-bond acceptors (Lipinski definition) is 4. The van der Waals surface area contributed by atoms with Gasteiger partial charge in [-0.3, -0.25) is 4.98 Å². The van der Waals surface area contributed by atoms with Gasteiger partial charge in [0, 0.05) is 19.2 Å². The highest BCUT2D eigenvalue weighted by atomic mass is 16.2. The van der Waals surface area contributed by atoms with Gasteiger partial charge < -0.3 is 15.2 Å². The first kappa shape index (κ1) is 14.0. The Balaban J connectivity index is 1.91. The zero-order valence-electron chi connectivity index (χ0n) is 11.8. The Hall–Kier alpha value is -2.44. The molecule has 2 heterocycles.